The molecule has 0 amide bonds. The Morgan fingerprint density at radius 2 is 2.06 bits per heavy atom. The van der Waals surface area contributed by atoms with Gasteiger partial charge in [-0.1, -0.05) is 6.92 Å². The Balaban J connectivity index is 1.96. The Bertz CT molecular complexity index is 529. The lowest BCUT2D eigenvalue weighted by atomic mass is 10.1. The maximum absolute atomic E-state index is 11.5. The summed E-state index contributed by atoms with van der Waals surface area (Å²) >= 11 is 0. The van der Waals surface area contributed by atoms with Crippen LogP contribution in [0.4, 0.5) is 0 Å². The van der Waals surface area contributed by atoms with Gasteiger partial charge in [-0.3, -0.25) is 9.48 Å². The van der Waals surface area contributed by atoms with Gasteiger partial charge in [-0.2, -0.15) is 5.10 Å². The van der Waals surface area contributed by atoms with Gasteiger partial charge in [-0.15, -0.1) is 0 Å². The molecule has 4 heteroatoms. The van der Waals surface area contributed by atoms with E-state index in [1.165, 1.54) is 0 Å². The average Bonchev–Trinajstić information content (AvgIpc) is 2.82. The van der Waals surface area contributed by atoms with E-state index in [0.717, 1.165) is 16.9 Å². The number of aromatic nitrogens is 2. The van der Waals surface area contributed by atoms with Crippen LogP contribution in [0.15, 0.2) is 36.7 Å². The predicted octanol–water partition coefficient (Wildman–Crippen LogP) is 2.59. The van der Waals surface area contributed by atoms with E-state index in [-0.39, 0.29) is 5.78 Å². The van der Waals surface area contributed by atoms with Crippen LogP contribution >= 0.6 is 0 Å². The quantitative estimate of drug-likeness (QED) is 0.759. The summed E-state index contributed by atoms with van der Waals surface area (Å²) in [5, 5.41) is 4.07. The van der Waals surface area contributed by atoms with Crippen molar-refractivity contribution >= 4 is 5.78 Å². The van der Waals surface area contributed by atoms with Gasteiger partial charge < -0.3 is 4.74 Å². The molecule has 0 fully saturated rings. The van der Waals surface area contributed by atoms with Crippen LogP contribution in [-0.4, -0.2) is 15.6 Å². The number of carbonyl (C=O) groups is 1. The zero-order chi connectivity index (χ0) is 13.0. The van der Waals surface area contributed by atoms with Crippen LogP contribution in [0.1, 0.15) is 29.3 Å². The molecule has 1 aromatic heterocycles. The number of ether oxygens (including phenoxy) is 1. The van der Waals surface area contributed by atoms with Crippen LogP contribution in [0.5, 0.6) is 5.75 Å². The summed E-state index contributed by atoms with van der Waals surface area (Å²) in [4.78, 5) is 11.5. The standard InChI is InChI=1S/C14H16N2O2/c1-3-14(17)12-4-6-13(7-5-12)18-10-11-8-15-16(2)9-11/h4-9H,3,10H2,1-2H3. The summed E-state index contributed by atoms with van der Waals surface area (Å²) in [5.74, 6) is 0.903. The smallest absolute Gasteiger partial charge is 0.162 e. The van der Waals surface area contributed by atoms with Gasteiger partial charge in [0.2, 0.25) is 0 Å². The number of aryl methyl sites for hydroxylation is 1. The highest BCUT2D eigenvalue weighted by Crippen LogP contribution is 2.15. The molecule has 0 bridgehead atoms. The van der Waals surface area contributed by atoms with Crippen molar-refractivity contribution in [3.63, 3.8) is 0 Å². The molecule has 0 atom stereocenters. The Kier molecular flexibility index (Phi) is 3.77. The van der Waals surface area contributed by atoms with Gasteiger partial charge in [0, 0.05) is 30.8 Å². The molecule has 0 aliphatic rings. The van der Waals surface area contributed by atoms with Gasteiger partial charge >= 0.3 is 0 Å². The van der Waals surface area contributed by atoms with E-state index in [9.17, 15) is 4.79 Å². The second-order valence-corrected chi connectivity index (χ2v) is 4.11. The molecule has 2 aromatic rings. The molecule has 2 rings (SSSR count). The highest BCUT2D eigenvalue weighted by atomic mass is 16.5. The SMILES string of the molecule is CCC(=O)c1ccc(OCc2cnn(C)c2)cc1. The molecule has 0 aliphatic carbocycles. The Hall–Kier alpha value is -2.10. The molecule has 0 aliphatic heterocycles. The van der Waals surface area contributed by atoms with E-state index in [1.807, 2.05) is 32.3 Å². The predicted molar refractivity (Wildman–Crippen MR) is 68.6 cm³/mol. The topological polar surface area (TPSA) is 44.1 Å². The summed E-state index contributed by atoms with van der Waals surface area (Å²) in [6.45, 7) is 2.34. The lowest BCUT2D eigenvalue weighted by Crippen LogP contribution is -1.97. The minimum atomic E-state index is 0.147. The minimum absolute atomic E-state index is 0.147. The van der Waals surface area contributed by atoms with E-state index >= 15 is 0 Å². The summed E-state index contributed by atoms with van der Waals surface area (Å²) in [6.07, 6.45) is 4.21. The first-order chi connectivity index (χ1) is 8.69. The third-order valence-corrected chi connectivity index (χ3v) is 2.66. The summed E-state index contributed by atoms with van der Waals surface area (Å²) in [7, 11) is 1.87. The zero-order valence-corrected chi connectivity index (χ0v) is 10.6. The summed E-state index contributed by atoms with van der Waals surface area (Å²) in [6, 6.07) is 7.23. The van der Waals surface area contributed by atoms with Gasteiger partial charge in [0.05, 0.1) is 6.20 Å². The van der Waals surface area contributed by atoms with E-state index in [2.05, 4.69) is 5.10 Å². The maximum atomic E-state index is 11.5. The Labute approximate surface area is 106 Å². The van der Waals surface area contributed by atoms with Crippen molar-refractivity contribution in [3.8, 4) is 5.75 Å². The molecule has 0 saturated carbocycles. The van der Waals surface area contributed by atoms with Crippen LogP contribution < -0.4 is 4.74 Å². The number of carbonyl (C=O) groups excluding carboxylic acids is 1. The lowest BCUT2D eigenvalue weighted by molar-refractivity contribution is 0.0988. The van der Waals surface area contributed by atoms with Crippen LogP contribution in [0, 0.1) is 0 Å². The van der Waals surface area contributed by atoms with Crippen molar-refractivity contribution in [2.75, 3.05) is 0 Å². The van der Waals surface area contributed by atoms with Crippen molar-refractivity contribution in [3.05, 3.63) is 47.8 Å². The fourth-order valence-corrected chi connectivity index (χ4v) is 1.65. The number of hydrogen-bond donors (Lipinski definition) is 0. The van der Waals surface area contributed by atoms with E-state index in [1.54, 1.807) is 23.0 Å². The minimum Gasteiger partial charge on any atom is -0.489 e. The van der Waals surface area contributed by atoms with Gasteiger partial charge in [-0.05, 0) is 24.3 Å². The first kappa shape index (κ1) is 12.4. The molecular formula is C14H16N2O2. The monoisotopic (exact) mass is 244 g/mol. The van der Waals surface area contributed by atoms with Gasteiger partial charge in [0.25, 0.3) is 0 Å². The summed E-state index contributed by atoms with van der Waals surface area (Å²) < 4.78 is 7.35. The number of hydrogen-bond acceptors (Lipinski definition) is 3. The fraction of sp³-hybridized carbons (Fsp3) is 0.286. The molecule has 0 N–H and O–H groups in total. The Morgan fingerprint density at radius 1 is 1.33 bits per heavy atom. The van der Waals surface area contributed by atoms with E-state index in [4.69, 9.17) is 4.74 Å². The Morgan fingerprint density at radius 3 is 2.61 bits per heavy atom. The summed E-state index contributed by atoms with van der Waals surface area (Å²) in [5.41, 5.74) is 1.75. The normalized spacial score (nSPS) is 10.3. The first-order valence-electron chi connectivity index (χ1n) is 5.92. The second-order valence-electron chi connectivity index (χ2n) is 4.11. The average molecular weight is 244 g/mol. The zero-order valence-electron chi connectivity index (χ0n) is 10.6. The van der Waals surface area contributed by atoms with Crippen LogP contribution in [0.2, 0.25) is 0 Å². The highest BCUT2D eigenvalue weighted by Gasteiger charge is 2.03. The van der Waals surface area contributed by atoms with Crippen LogP contribution in [-0.2, 0) is 13.7 Å². The van der Waals surface area contributed by atoms with Crippen molar-refractivity contribution in [1.29, 1.82) is 0 Å². The molecule has 1 aromatic carbocycles. The number of ketones is 1. The number of rotatable bonds is 5. The van der Waals surface area contributed by atoms with Gasteiger partial charge in [0.15, 0.2) is 5.78 Å². The van der Waals surface area contributed by atoms with Crippen molar-refractivity contribution in [2.24, 2.45) is 7.05 Å². The largest absolute Gasteiger partial charge is 0.489 e. The van der Waals surface area contributed by atoms with Crippen LogP contribution in [0.25, 0.3) is 0 Å². The van der Waals surface area contributed by atoms with Gasteiger partial charge in [0.1, 0.15) is 12.4 Å². The number of nitrogens with zero attached hydrogens (tertiary/aromatic N) is 2. The molecule has 0 saturated heterocycles. The van der Waals surface area contributed by atoms with E-state index < -0.39 is 0 Å². The molecule has 4 nitrogen and oxygen atoms in total. The molecule has 0 unspecified atom stereocenters. The highest BCUT2D eigenvalue weighted by molar-refractivity contribution is 5.95. The fourth-order valence-electron chi connectivity index (χ4n) is 1.65. The molecule has 1 heterocycles. The molecule has 94 valence electrons. The third-order valence-electron chi connectivity index (χ3n) is 2.66. The second kappa shape index (κ2) is 5.49. The van der Waals surface area contributed by atoms with Crippen molar-refractivity contribution in [1.82, 2.24) is 9.78 Å². The lowest BCUT2D eigenvalue weighted by Gasteiger charge is -2.05. The molecular weight excluding hydrogens is 228 g/mol. The van der Waals surface area contributed by atoms with Crippen molar-refractivity contribution < 1.29 is 9.53 Å². The maximum Gasteiger partial charge on any atom is 0.162 e. The van der Waals surface area contributed by atoms with Crippen molar-refractivity contribution in [2.45, 2.75) is 20.0 Å². The molecule has 18 heavy (non-hydrogen) atoms. The third kappa shape index (κ3) is 2.97. The molecule has 0 spiro atoms. The number of Topliss-reactive ketones (excluding diaryl/α,β-unsaturated/α-hetero) is 1. The van der Waals surface area contributed by atoms with Crippen LogP contribution in [0.3, 0.4) is 0 Å². The number of benzene rings is 1. The van der Waals surface area contributed by atoms with E-state index in [0.29, 0.717) is 13.0 Å². The first-order valence-corrected chi connectivity index (χ1v) is 5.92. The molecule has 0 radical (unpaired) electrons. The van der Waals surface area contributed by atoms with Gasteiger partial charge in [-0.25, -0.2) is 0 Å².